The van der Waals surface area contributed by atoms with E-state index in [0.29, 0.717) is 6.61 Å². The highest BCUT2D eigenvalue weighted by Gasteiger charge is 2.44. The molecule has 1 aliphatic rings. The molecule has 1 aromatic carbocycles. The van der Waals surface area contributed by atoms with Crippen molar-refractivity contribution in [2.75, 3.05) is 7.11 Å². The quantitative estimate of drug-likeness (QED) is 0.901. The van der Waals surface area contributed by atoms with Crippen LogP contribution in [0.2, 0.25) is 0 Å². The van der Waals surface area contributed by atoms with Crippen LogP contribution in [0.1, 0.15) is 24.0 Å². The zero-order valence-electron chi connectivity index (χ0n) is 8.09. The van der Waals surface area contributed by atoms with Gasteiger partial charge in [-0.15, -0.1) is 0 Å². The summed E-state index contributed by atoms with van der Waals surface area (Å²) in [4.78, 5) is 0. The van der Waals surface area contributed by atoms with Gasteiger partial charge in [0.2, 0.25) is 0 Å². The number of aliphatic hydroxyl groups is 1. The highest BCUT2D eigenvalue weighted by Crippen LogP contribution is 2.49. The molecule has 2 nitrogen and oxygen atoms in total. The summed E-state index contributed by atoms with van der Waals surface area (Å²) in [7, 11) is 1.67. The van der Waals surface area contributed by atoms with Crippen LogP contribution in [-0.2, 0) is 16.9 Å². The van der Waals surface area contributed by atoms with Crippen LogP contribution in [0.25, 0.3) is 0 Å². The second-order valence-corrected chi connectivity index (χ2v) is 4.59. The van der Waals surface area contributed by atoms with Crippen molar-refractivity contribution in [1.29, 1.82) is 0 Å². The Morgan fingerprint density at radius 1 is 1.50 bits per heavy atom. The van der Waals surface area contributed by atoms with E-state index in [1.54, 1.807) is 7.11 Å². The Balaban J connectivity index is 2.43. The summed E-state index contributed by atoms with van der Waals surface area (Å²) in [6, 6.07) is 5.93. The second-order valence-electron chi connectivity index (χ2n) is 3.74. The maximum Gasteiger partial charge on any atom is 0.0913 e. The molecule has 0 radical (unpaired) electrons. The first-order valence-corrected chi connectivity index (χ1v) is 5.46. The minimum Gasteiger partial charge on any atom is -0.385 e. The first-order chi connectivity index (χ1) is 6.67. The van der Waals surface area contributed by atoms with Crippen molar-refractivity contribution < 1.29 is 9.84 Å². The Kier molecular flexibility index (Phi) is 2.64. The smallest absolute Gasteiger partial charge is 0.0913 e. The summed E-state index contributed by atoms with van der Waals surface area (Å²) >= 11 is 3.48. The molecule has 0 aliphatic heterocycles. The van der Waals surface area contributed by atoms with Gasteiger partial charge in [0.25, 0.3) is 0 Å². The Morgan fingerprint density at radius 2 is 2.21 bits per heavy atom. The van der Waals surface area contributed by atoms with Crippen LogP contribution in [0, 0.1) is 0 Å². The number of methoxy groups -OCH3 is 1. The fourth-order valence-corrected chi connectivity index (χ4v) is 2.51. The molecule has 76 valence electrons. The summed E-state index contributed by atoms with van der Waals surface area (Å²) < 4.78 is 6.09. The zero-order valence-corrected chi connectivity index (χ0v) is 9.67. The molecule has 0 heterocycles. The summed E-state index contributed by atoms with van der Waals surface area (Å²) in [5.74, 6) is 0. The molecule has 0 saturated heterocycles. The molecule has 1 aromatic rings. The summed E-state index contributed by atoms with van der Waals surface area (Å²) in [5, 5.41) is 10.1. The normalized spacial score (nSPS) is 18.2. The topological polar surface area (TPSA) is 29.5 Å². The van der Waals surface area contributed by atoms with Crippen LogP contribution in [0.5, 0.6) is 0 Å². The molecule has 0 bridgehead atoms. The number of halogens is 1. The maximum atomic E-state index is 10.1. The first kappa shape index (κ1) is 10.1. The van der Waals surface area contributed by atoms with E-state index in [9.17, 15) is 5.11 Å². The maximum absolute atomic E-state index is 10.1. The SMILES string of the molecule is COCc1cccc(Br)c1C1(O)CC1. The van der Waals surface area contributed by atoms with Gasteiger partial charge in [-0.2, -0.15) is 0 Å². The lowest BCUT2D eigenvalue weighted by molar-refractivity contribution is 0.141. The van der Waals surface area contributed by atoms with Gasteiger partial charge >= 0.3 is 0 Å². The van der Waals surface area contributed by atoms with Gasteiger partial charge < -0.3 is 9.84 Å². The average Bonchev–Trinajstić information content (AvgIpc) is 2.85. The zero-order chi connectivity index (χ0) is 10.2. The van der Waals surface area contributed by atoms with E-state index in [-0.39, 0.29) is 0 Å². The molecule has 0 spiro atoms. The third-order valence-electron chi connectivity index (χ3n) is 2.59. The molecule has 3 heteroatoms. The Labute approximate surface area is 92.0 Å². The minimum absolute atomic E-state index is 0.553. The fourth-order valence-electron chi connectivity index (χ4n) is 1.73. The van der Waals surface area contributed by atoms with E-state index in [4.69, 9.17) is 4.74 Å². The van der Waals surface area contributed by atoms with Gasteiger partial charge in [-0.1, -0.05) is 28.1 Å². The van der Waals surface area contributed by atoms with Crippen LogP contribution in [0.3, 0.4) is 0 Å². The van der Waals surface area contributed by atoms with Gasteiger partial charge in [0, 0.05) is 17.1 Å². The lowest BCUT2D eigenvalue weighted by Gasteiger charge is -2.15. The molecular formula is C11H13BrO2. The molecular weight excluding hydrogens is 244 g/mol. The van der Waals surface area contributed by atoms with Crippen LogP contribution >= 0.6 is 15.9 Å². The number of hydrogen-bond donors (Lipinski definition) is 1. The standard InChI is InChI=1S/C11H13BrO2/c1-14-7-8-3-2-4-9(12)10(8)11(13)5-6-11/h2-4,13H,5-7H2,1H3. The Bertz CT molecular complexity index is 345. The Hall–Kier alpha value is -0.380. The summed E-state index contributed by atoms with van der Waals surface area (Å²) in [5.41, 5.74) is 1.47. The average molecular weight is 257 g/mol. The Morgan fingerprint density at radius 3 is 2.79 bits per heavy atom. The molecule has 0 unspecified atom stereocenters. The number of rotatable bonds is 3. The fraction of sp³-hybridized carbons (Fsp3) is 0.455. The van der Waals surface area contributed by atoms with Crippen molar-refractivity contribution in [3.05, 3.63) is 33.8 Å². The molecule has 1 N–H and O–H groups in total. The third-order valence-corrected chi connectivity index (χ3v) is 3.25. The highest BCUT2D eigenvalue weighted by molar-refractivity contribution is 9.10. The van der Waals surface area contributed by atoms with Crippen LogP contribution in [0.4, 0.5) is 0 Å². The van der Waals surface area contributed by atoms with E-state index in [0.717, 1.165) is 28.4 Å². The van der Waals surface area contributed by atoms with Gasteiger partial charge in [0.15, 0.2) is 0 Å². The molecule has 0 atom stereocenters. The van der Waals surface area contributed by atoms with E-state index < -0.39 is 5.60 Å². The summed E-state index contributed by atoms with van der Waals surface area (Å²) in [6.07, 6.45) is 1.71. The largest absolute Gasteiger partial charge is 0.385 e. The lowest BCUT2D eigenvalue weighted by Crippen LogP contribution is -2.10. The van der Waals surface area contributed by atoms with E-state index in [1.807, 2.05) is 18.2 Å². The predicted octanol–water partition coefficient (Wildman–Crippen LogP) is 2.58. The van der Waals surface area contributed by atoms with Crippen LogP contribution < -0.4 is 0 Å². The number of hydrogen-bond acceptors (Lipinski definition) is 2. The predicted molar refractivity (Wildman–Crippen MR) is 58.0 cm³/mol. The molecule has 0 amide bonds. The van der Waals surface area contributed by atoms with Crippen molar-refractivity contribution in [2.45, 2.75) is 25.0 Å². The lowest BCUT2D eigenvalue weighted by atomic mass is 10.0. The van der Waals surface area contributed by atoms with Crippen LogP contribution in [0.15, 0.2) is 22.7 Å². The van der Waals surface area contributed by atoms with Crippen molar-refractivity contribution in [1.82, 2.24) is 0 Å². The van der Waals surface area contributed by atoms with Crippen molar-refractivity contribution in [3.63, 3.8) is 0 Å². The monoisotopic (exact) mass is 256 g/mol. The van der Waals surface area contributed by atoms with Gasteiger partial charge in [-0.3, -0.25) is 0 Å². The van der Waals surface area contributed by atoms with Gasteiger partial charge in [-0.05, 0) is 24.5 Å². The van der Waals surface area contributed by atoms with E-state index >= 15 is 0 Å². The van der Waals surface area contributed by atoms with E-state index in [2.05, 4.69) is 15.9 Å². The molecule has 0 aromatic heterocycles. The van der Waals surface area contributed by atoms with Crippen LogP contribution in [-0.4, -0.2) is 12.2 Å². The van der Waals surface area contributed by atoms with E-state index in [1.165, 1.54) is 0 Å². The van der Waals surface area contributed by atoms with Gasteiger partial charge in [0.05, 0.1) is 12.2 Å². The van der Waals surface area contributed by atoms with Crippen molar-refractivity contribution >= 4 is 15.9 Å². The van der Waals surface area contributed by atoms with Gasteiger partial charge in [-0.25, -0.2) is 0 Å². The minimum atomic E-state index is -0.603. The molecule has 1 fully saturated rings. The third kappa shape index (κ3) is 1.72. The molecule has 1 aliphatic carbocycles. The first-order valence-electron chi connectivity index (χ1n) is 4.66. The molecule has 2 rings (SSSR count). The second kappa shape index (κ2) is 3.65. The number of benzene rings is 1. The number of ether oxygens (including phenoxy) is 1. The van der Waals surface area contributed by atoms with Crippen molar-refractivity contribution in [2.24, 2.45) is 0 Å². The summed E-state index contributed by atoms with van der Waals surface area (Å²) in [6.45, 7) is 0.553. The van der Waals surface area contributed by atoms with Gasteiger partial charge in [0.1, 0.15) is 0 Å². The highest BCUT2D eigenvalue weighted by atomic mass is 79.9. The molecule has 1 saturated carbocycles. The van der Waals surface area contributed by atoms with Crippen molar-refractivity contribution in [3.8, 4) is 0 Å². The molecule has 14 heavy (non-hydrogen) atoms.